The summed E-state index contributed by atoms with van der Waals surface area (Å²) >= 11 is 5.01. The van der Waals surface area contributed by atoms with E-state index in [0.717, 1.165) is 0 Å². The minimum absolute atomic E-state index is 0.0402. The molecule has 0 saturated heterocycles. The van der Waals surface area contributed by atoms with Crippen LogP contribution < -0.4 is 9.74 Å². The third kappa shape index (κ3) is 4.87. The Hall–Kier alpha value is -0.980. The molecule has 0 amide bonds. The van der Waals surface area contributed by atoms with Crippen LogP contribution in [0.15, 0.2) is 24.3 Å². The maximum Gasteiger partial charge on any atom is 0.573 e. The second-order valence-corrected chi connectivity index (χ2v) is 2.72. The smallest absolute Gasteiger partial charge is 0.406 e. The molecule has 1 N–H and O–H groups in total. The van der Waals surface area contributed by atoms with Crippen molar-refractivity contribution in [3.8, 4) is 5.75 Å². The van der Waals surface area contributed by atoms with E-state index in [2.05, 4.69) is 9.57 Å². The van der Waals surface area contributed by atoms with Crippen molar-refractivity contribution in [1.82, 2.24) is 5.00 Å². The van der Waals surface area contributed by atoms with Crippen molar-refractivity contribution >= 4 is 11.8 Å². The van der Waals surface area contributed by atoms with E-state index in [0.29, 0.717) is 5.56 Å². The van der Waals surface area contributed by atoms with Crippen molar-refractivity contribution in [2.75, 3.05) is 0 Å². The van der Waals surface area contributed by atoms with Crippen molar-refractivity contribution in [1.29, 1.82) is 0 Å². The monoisotopic (exact) mass is 241 g/mol. The maximum absolute atomic E-state index is 11.8. The number of nitrogens with one attached hydrogen (secondary N) is 1. The van der Waals surface area contributed by atoms with Gasteiger partial charge in [-0.1, -0.05) is 12.1 Å². The van der Waals surface area contributed by atoms with Gasteiger partial charge in [0.1, 0.15) is 5.75 Å². The molecule has 0 aliphatic heterocycles. The zero-order valence-electron chi connectivity index (χ0n) is 7.34. The molecule has 0 saturated carbocycles. The summed E-state index contributed by atoms with van der Waals surface area (Å²) in [5.74, 6) is -0.293. The Labute approximate surface area is 88.8 Å². The number of hydrogen-bond acceptors (Lipinski definition) is 3. The lowest BCUT2D eigenvalue weighted by atomic mass is 10.2. The van der Waals surface area contributed by atoms with Crippen LogP contribution in [0.2, 0.25) is 0 Å². The molecular formula is C8H7ClF3NO2. The Morgan fingerprint density at radius 3 is 2.67 bits per heavy atom. The first kappa shape index (κ1) is 12.1. The molecule has 0 heterocycles. The van der Waals surface area contributed by atoms with Crippen LogP contribution in [0.4, 0.5) is 13.2 Å². The van der Waals surface area contributed by atoms with Gasteiger partial charge in [0.25, 0.3) is 0 Å². The Balaban J connectivity index is 2.66. The fourth-order valence-corrected chi connectivity index (χ4v) is 0.998. The van der Waals surface area contributed by atoms with Gasteiger partial charge in [0.2, 0.25) is 0 Å². The van der Waals surface area contributed by atoms with Gasteiger partial charge in [0.05, 0.1) is 6.61 Å². The largest absolute Gasteiger partial charge is 0.573 e. The van der Waals surface area contributed by atoms with Gasteiger partial charge < -0.3 is 4.74 Å². The molecule has 0 bridgehead atoms. The lowest BCUT2D eigenvalue weighted by Crippen LogP contribution is -2.17. The number of alkyl halides is 3. The van der Waals surface area contributed by atoms with E-state index in [1.54, 1.807) is 6.07 Å². The molecule has 3 nitrogen and oxygen atoms in total. The third-order valence-corrected chi connectivity index (χ3v) is 1.53. The van der Waals surface area contributed by atoms with Gasteiger partial charge in [-0.3, -0.25) is 4.84 Å². The van der Waals surface area contributed by atoms with E-state index in [9.17, 15) is 13.2 Å². The Bertz CT molecular complexity index is 319. The van der Waals surface area contributed by atoms with Crippen LogP contribution >= 0.6 is 11.8 Å². The summed E-state index contributed by atoms with van der Waals surface area (Å²) in [6.45, 7) is 0.0402. The van der Waals surface area contributed by atoms with Gasteiger partial charge >= 0.3 is 6.36 Å². The second kappa shape index (κ2) is 5.20. The van der Waals surface area contributed by atoms with E-state index in [-0.39, 0.29) is 12.4 Å². The summed E-state index contributed by atoms with van der Waals surface area (Å²) in [6.07, 6.45) is -4.69. The first-order valence-corrected chi connectivity index (χ1v) is 4.21. The van der Waals surface area contributed by atoms with E-state index in [1.807, 2.05) is 5.00 Å². The summed E-state index contributed by atoms with van der Waals surface area (Å²) < 4.78 is 39.2. The van der Waals surface area contributed by atoms with Crippen LogP contribution in [0.1, 0.15) is 5.56 Å². The molecule has 1 rings (SSSR count). The van der Waals surface area contributed by atoms with Crippen LogP contribution in [0.25, 0.3) is 0 Å². The lowest BCUT2D eigenvalue weighted by molar-refractivity contribution is -0.274. The van der Waals surface area contributed by atoms with Crippen LogP contribution in [0.5, 0.6) is 5.75 Å². The van der Waals surface area contributed by atoms with E-state index in [1.165, 1.54) is 18.2 Å². The number of rotatable bonds is 4. The van der Waals surface area contributed by atoms with Gasteiger partial charge in [-0.25, -0.2) is 0 Å². The molecule has 0 fully saturated rings. The fraction of sp³-hybridized carbons (Fsp3) is 0.250. The molecule has 15 heavy (non-hydrogen) atoms. The number of halogens is 4. The molecule has 0 aromatic heterocycles. The fourth-order valence-electron chi connectivity index (χ4n) is 0.943. The highest BCUT2D eigenvalue weighted by molar-refractivity contribution is 6.12. The predicted octanol–water partition coefficient (Wildman–Crippen LogP) is 2.76. The minimum Gasteiger partial charge on any atom is -0.406 e. The normalized spacial score (nSPS) is 11.5. The number of hydrogen-bond donors (Lipinski definition) is 1. The van der Waals surface area contributed by atoms with Crippen LogP contribution in [0.3, 0.4) is 0 Å². The quantitative estimate of drug-likeness (QED) is 0.650. The number of benzene rings is 1. The summed E-state index contributed by atoms with van der Waals surface area (Å²) in [5, 5.41) is 0. The molecule has 1 aromatic carbocycles. The zero-order valence-corrected chi connectivity index (χ0v) is 8.10. The average Bonchev–Trinajstić information content (AvgIpc) is 2.12. The average molecular weight is 242 g/mol. The molecule has 0 aliphatic rings. The van der Waals surface area contributed by atoms with Crippen molar-refractivity contribution in [2.24, 2.45) is 0 Å². The van der Waals surface area contributed by atoms with E-state index >= 15 is 0 Å². The van der Waals surface area contributed by atoms with Crippen molar-refractivity contribution in [2.45, 2.75) is 13.0 Å². The van der Waals surface area contributed by atoms with Crippen molar-refractivity contribution in [3.05, 3.63) is 29.8 Å². The predicted molar refractivity (Wildman–Crippen MR) is 46.9 cm³/mol. The lowest BCUT2D eigenvalue weighted by Gasteiger charge is -2.09. The standard InChI is InChI=1S/C8H7ClF3NO2/c9-13-14-5-6-2-1-3-7(4-6)15-8(10,11)12/h1-4,13H,5H2. The van der Waals surface area contributed by atoms with Gasteiger partial charge in [-0.15, -0.1) is 18.2 Å². The van der Waals surface area contributed by atoms with Crippen molar-refractivity contribution in [3.63, 3.8) is 0 Å². The molecule has 0 unspecified atom stereocenters. The third-order valence-electron chi connectivity index (χ3n) is 1.43. The molecule has 0 aliphatic carbocycles. The van der Waals surface area contributed by atoms with Crippen molar-refractivity contribution < 1.29 is 22.7 Å². The number of ether oxygens (including phenoxy) is 1. The second-order valence-electron chi connectivity index (χ2n) is 2.56. The van der Waals surface area contributed by atoms with Gasteiger partial charge in [-0.2, -0.15) is 0 Å². The molecule has 0 radical (unpaired) electrons. The highest BCUT2D eigenvalue weighted by atomic mass is 35.5. The molecule has 0 atom stereocenters. The molecular weight excluding hydrogens is 235 g/mol. The first-order chi connectivity index (χ1) is 7.01. The SMILES string of the molecule is FC(F)(F)Oc1cccc(CONCl)c1. The first-order valence-electron chi connectivity index (χ1n) is 3.83. The van der Waals surface area contributed by atoms with Crippen LogP contribution in [-0.4, -0.2) is 6.36 Å². The highest BCUT2D eigenvalue weighted by Crippen LogP contribution is 2.23. The van der Waals surface area contributed by atoms with Crippen LogP contribution in [0, 0.1) is 0 Å². The topological polar surface area (TPSA) is 30.5 Å². The Morgan fingerprint density at radius 1 is 1.33 bits per heavy atom. The summed E-state index contributed by atoms with van der Waals surface area (Å²) in [7, 11) is 0. The molecule has 1 aromatic rings. The van der Waals surface area contributed by atoms with Gasteiger partial charge in [0.15, 0.2) is 0 Å². The molecule has 84 valence electrons. The minimum atomic E-state index is -4.69. The van der Waals surface area contributed by atoms with Crippen LogP contribution in [-0.2, 0) is 11.4 Å². The Kier molecular flexibility index (Phi) is 4.19. The summed E-state index contributed by atoms with van der Waals surface area (Å²) in [4.78, 5) is 6.48. The van der Waals surface area contributed by atoms with E-state index < -0.39 is 6.36 Å². The molecule has 0 spiro atoms. The van der Waals surface area contributed by atoms with Gasteiger partial charge in [0, 0.05) is 11.8 Å². The zero-order chi connectivity index (χ0) is 11.3. The summed E-state index contributed by atoms with van der Waals surface area (Å²) in [5.41, 5.74) is 0.505. The summed E-state index contributed by atoms with van der Waals surface area (Å²) in [6, 6.07) is 5.41. The molecule has 7 heteroatoms. The maximum atomic E-state index is 11.8. The van der Waals surface area contributed by atoms with E-state index in [4.69, 9.17) is 11.8 Å². The highest BCUT2D eigenvalue weighted by Gasteiger charge is 2.31. The van der Waals surface area contributed by atoms with Gasteiger partial charge in [-0.05, 0) is 17.7 Å². The Morgan fingerprint density at radius 2 is 2.07 bits per heavy atom.